The maximum atomic E-state index is 12.2. The Labute approximate surface area is 168 Å². The molecule has 1 aliphatic heterocycles. The van der Waals surface area contributed by atoms with Gasteiger partial charge in [0.1, 0.15) is 0 Å². The van der Waals surface area contributed by atoms with E-state index in [-0.39, 0.29) is 16.4 Å². The van der Waals surface area contributed by atoms with Gasteiger partial charge in [0.2, 0.25) is 0 Å². The summed E-state index contributed by atoms with van der Waals surface area (Å²) in [5, 5.41) is 16.5. The minimum Gasteiger partial charge on any atom is -0.369 e. The van der Waals surface area contributed by atoms with Crippen molar-refractivity contribution in [2.24, 2.45) is 0 Å². The Morgan fingerprint density at radius 2 is 1.96 bits per heavy atom. The molecule has 2 aromatic rings. The van der Waals surface area contributed by atoms with Crippen molar-refractivity contribution in [3.8, 4) is 0 Å². The average molecular weight is 398 g/mol. The second-order valence-corrected chi connectivity index (χ2v) is 7.21. The first-order valence-corrected chi connectivity index (χ1v) is 9.58. The lowest BCUT2D eigenvalue weighted by molar-refractivity contribution is -0.384. The van der Waals surface area contributed by atoms with Gasteiger partial charge >= 0.3 is 0 Å². The second kappa shape index (κ2) is 8.79. The number of rotatable bonds is 4. The van der Waals surface area contributed by atoms with Gasteiger partial charge in [0.15, 0.2) is 5.11 Å². The van der Waals surface area contributed by atoms with E-state index in [1.54, 1.807) is 0 Å². The van der Waals surface area contributed by atoms with Gasteiger partial charge in [-0.2, -0.15) is 0 Å². The summed E-state index contributed by atoms with van der Waals surface area (Å²) in [6, 6.07) is 14.0. The van der Waals surface area contributed by atoms with Crippen molar-refractivity contribution >= 4 is 40.3 Å². The summed E-state index contributed by atoms with van der Waals surface area (Å²) >= 11 is 5.19. The van der Waals surface area contributed by atoms with Gasteiger partial charge in [0.05, 0.1) is 4.92 Å². The SMILES string of the molecule is C[C@@H]1CCCCN1c1ccc(NC(=S)NC(=O)c2cccc([N+](=O)[O-])c2)cc1. The zero-order valence-corrected chi connectivity index (χ0v) is 16.4. The fourth-order valence-corrected chi connectivity index (χ4v) is 3.53. The quantitative estimate of drug-likeness (QED) is 0.458. The third kappa shape index (κ3) is 4.83. The summed E-state index contributed by atoms with van der Waals surface area (Å²) in [5.74, 6) is -0.500. The zero-order chi connectivity index (χ0) is 20.1. The molecule has 0 saturated carbocycles. The average Bonchev–Trinajstić information content (AvgIpc) is 2.69. The Morgan fingerprint density at radius 3 is 2.64 bits per heavy atom. The number of thiocarbonyl (C=S) groups is 1. The molecule has 146 valence electrons. The zero-order valence-electron chi connectivity index (χ0n) is 15.6. The Kier molecular flexibility index (Phi) is 6.20. The first-order chi connectivity index (χ1) is 13.4. The molecular weight excluding hydrogens is 376 g/mol. The summed E-state index contributed by atoms with van der Waals surface area (Å²) in [6.45, 7) is 3.30. The Morgan fingerprint density at radius 1 is 1.21 bits per heavy atom. The van der Waals surface area contributed by atoms with Crippen molar-refractivity contribution in [1.29, 1.82) is 0 Å². The van der Waals surface area contributed by atoms with Crippen LogP contribution in [0.4, 0.5) is 17.1 Å². The van der Waals surface area contributed by atoms with E-state index in [2.05, 4.69) is 22.5 Å². The van der Waals surface area contributed by atoms with Crippen molar-refractivity contribution in [3.63, 3.8) is 0 Å². The number of nitro groups is 1. The predicted molar refractivity (Wildman–Crippen MR) is 114 cm³/mol. The van der Waals surface area contributed by atoms with Crippen LogP contribution in [-0.2, 0) is 0 Å². The lowest BCUT2D eigenvalue weighted by atomic mass is 10.0. The Balaban J connectivity index is 1.59. The van der Waals surface area contributed by atoms with Gasteiger partial charge in [0.25, 0.3) is 11.6 Å². The summed E-state index contributed by atoms with van der Waals surface area (Å²) in [5.41, 5.74) is 1.96. The molecule has 1 amide bonds. The fraction of sp³-hybridized carbons (Fsp3) is 0.300. The van der Waals surface area contributed by atoms with Gasteiger partial charge in [-0.1, -0.05) is 6.07 Å². The monoisotopic (exact) mass is 398 g/mol. The van der Waals surface area contributed by atoms with Crippen molar-refractivity contribution in [2.75, 3.05) is 16.8 Å². The molecule has 3 rings (SSSR count). The number of piperidine rings is 1. The number of nitrogens with zero attached hydrogens (tertiary/aromatic N) is 2. The number of carbonyl (C=O) groups is 1. The molecule has 2 aromatic carbocycles. The number of benzene rings is 2. The van der Waals surface area contributed by atoms with Crippen LogP contribution in [0.2, 0.25) is 0 Å². The molecule has 0 aromatic heterocycles. The van der Waals surface area contributed by atoms with E-state index in [1.807, 2.05) is 24.3 Å². The lowest BCUT2D eigenvalue weighted by Gasteiger charge is -2.35. The molecule has 0 aliphatic carbocycles. The molecule has 0 unspecified atom stereocenters. The minimum absolute atomic E-state index is 0.135. The number of carbonyl (C=O) groups excluding carboxylic acids is 1. The summed E-state index contributed by atoms with van der Waals surface area (Å²) in [6.07, 6.45) is 3.68. The Hall–Kier alpha value is -3.00. The van der Waals surface area contributed by atoms with Crippen LogP contribution in [0.25, 0.3) is 0 Å². The predicted octanol–water partition coefficient (Wildman–Crippen LogP) is 4.10. The highest BCUT2D eigenvalue weighted by Gasteiger charge is 2.18. The van der Waals surface area contributed by atoms with Crippen LogP contribution in [0.1, 0.15) is 36.5 Å². The number of nitro benzene ring substituents is 1. The molecular formula is C20H22N4O3S. The fourth-order valence-electron chi connectivity index (χ4n) is 3.32. The van der Waals surface area contributed by atoms with Crippen LogP contribution in [-0.4, -0.2) is 28.5 Å². The number of anilines is 2. The number of non-ortho nitro benzene ring substituents is 1. The van der Waals surface area contributed by atoms with Gasteiger partial charge in [-0.05, 0) is 68.7 Å². The van der Waals surface area contributed by atoms with E-state index in [4.69, 9.17) is 12.2 Å². The highest BCUT2D eigenvalue weighted by molar-refractivity contribution is 7.80. The molecule has 2 N–H and O–H groups in total. The van der Waals surface area contributed by atoms with Crippen LogP contribution < -0.4 is 15.5 Å². The molecule has 1 saturated heterocycles. The molecule has 28 heavy (non-hydrogen) atoms. The van der Waals surface area contributed by atoms with Crippen LogP contribution in [0.5, 0.6) is 0 Å². The number of amides is 1. The number of hydrogen-bond acceptors (Lipinski definition) is 5. The molecule has 7 nitrogen and oxygen atoms in total. The van der Waals surface area contributed by atoms with Crippen molar-refractivity contribution in [2.45, 2.75) is 32.2 Å². The molecule has 0 radical (unpaired) electrons. The van der Waals surface area contributed by atoms with Crippen LogP contribution in [0, 0.1) is 10.1 Å². The summed E-state index contributed by atoms with van der Waals surface area (Å²) in [4.78, 5) is 24.9. The second-order valence-electron chi connectivity index (χ2n) is 6.80. The standard InChI is InChI=1S/C20H22N4O3S/c1-14-5-2-3-12-23(14)17-10-8-16(9-11-17)21-20(28)22-19(25)15-6-4-7-18(13-15)24(26)27/h4,6-11,13-14H,2-3,5,12H2,1H3,(H2,21,22,25,28)/t14-/m1/s1. The number of hydrogen-bond donors (Lipinski definition) is 2. The Bertz CT molecular complexity index is 885. The van der Waals surface area contributed by atoms with E-state index in [1.165, 1.54) is 49.2 Å². The topological polar surface area (TPSA) is 87.5 Å². The summed E-state index contributed by atoms with van der Waals surface area (Å²) in [7, 11) is 0. The third-order valence-electron chi connectivity index (χ3n) is 4.81. The first-order valence-electron chi connectivity index (χ1n) is 9.17. The maximum absolute atomic E-state index is 12.2. The summed E-state index contributed by atoms with van der Waals surface area (Å²) < 4.78 is 0. The van der Waals surface area contributed by atoms with Gasteiger partial charge in [-0.25, -0.2) is 0 Å². The van der Waals surface area contributed by atoms with Gasteiger partial charge in [-0.15, -0.1) is 0 Å². The molecule has 1 atom stereocenters. The van der Waals surface area contributed by atoms with Crippen LogP contribution in [0.3, 0.4) is 0 Å². The van der Waals surface area contributed by atoms with E-state index in [0.717, 1.165) is 12.2 Å². The lowest BCUT2D eigenvalue weighted by Crippen LogP contribution is -2.37. The third-order valence-corrected chi connectivity index (χ3v) is 5.01. The van der Waals surface area contributed by atoms with Gasteiger partial charge in [-0.3, -0.25) is 20.2 Å². The largest absolute Gasteiger partial charge is 0.369 e. The van der Waals surface area contributed by atoms with Gasteiger partial charge < -0.3 is 10.2 Å². The highest BCUT2D eigenvalue weighted by Crippen LogP contribution is 2.25. The highest BCUT2D eigenvalue weighted by atomic mass is 32.1. The molecule has 1 heterocycles. The minimum atomic E-state index is -0.544. The van der Waals surface area contributed by atoms with Gasteiger partial charge in [0, 0.05) is 41.7 Å². The van der Waals surface area contributed by atoms with E-state index in [9.17, 15) is 14.9 Å². The van der Waals surface area contributed by atoms with E-state index >= 15 is 0 Å². The molecule has 0 spiro atoms. The number of nitrogens with one attached hydrogen (secondary N) is 2. The van der Waals surface area contributed by atoms with E-state index in [0.29, 0.717) is 6.04 Å². The molecule has 8 heteroatoms. The molecule has 1 aliphatic rings. The van der Waals surface area contributed by atoms with Crippen LogP contribution >= 0.6 is 12.2 Å². The van der Waals surface area contributed by atoms with Crippen molar-refractivity contribution in [1.82, 2.24) is 5.32 Å². The van der Waals surface area contributed by atoms with Crippen molar-refractivity contribution < 1.29 is 9.72 Å². The maximum Gasteiger partial charge on any atom is 0.270 e. The smallest absolute Gasteiger partial charge is 0.270 e. The molecule has 0 bridgehead atoms. The first kappa shape index (κ1) is 19.8. The molecule has 1 fully saturated rings. The van der Waals surface area contributed by atoms with Crippen LogP contribution in [0.15, 0.2) is 48.5 Å². The van der Waals surface area contributed by atoms with E-state index < -0.39 is 10.8 Å². The normalized spacial score (nSPS) is 16.3. The van der Waals surface area contributed by atoms with Crippen molar-refractivity contribution in [3.05, 3.63) is 64.2 Å².